The molecular weight excluding hydrogens is 648 g/mol. The summed E-state index contributed by atoms with van der Waals surface area (Å²) >= 11 is 0. The molecule has 0 fully saturated rings. The van der Waals surface area contributed by atoms with Gasteiger partial charge in [0.25, 0.3) is 0 Å². The number of rotatable bonds is 12. The quantitative estimate of drug-likeness (QED) is 0.151. The van der Waals surface area contributed by atoms with Crippen LogP contribution in [-0.4, -0.2) is 48.8 Å². The maximum absolute atomic E-state index is 14.1. The third kappa shape index (κ3) is 6.33. The zero-order valence-electron chi connectivity index (χ0n) is 20.2. The minimum absolute atomic E-state index is 0.0810. The fraction of sp³-hybridized carbons (Fsp3) is 0.182. The van der Waals surface area contributed by atoms with Gasteiger partial charge in [-0.25, -0.2) is 16.8 Å². The van der Waals surface area contributed by atoms with E-state index in [9.17, 15) is 51.6 Å². The summed E-state index contributed by atoms with van der Waals surface area (Å²) in [5.74, 6) is -7.95. The number of hydrogen-bond acceptors (Lipinski definition) is 8. The molecule has 0 aliphatic carbocycles. The monoisotopic (exact) mass is 665 g/mol. The van der Waals surface area contributed by atoms with Gasteiger partial charge in [0.1, 0.15) is 5.75 Å². The highest BCUT2D eigenvalue weighted by Crippen LogP contribution is 2.52. The molecule has 0 bridgehead atoms. The van der Waals surface area contributed by atoms with Gasteiger partial charge in [-0.15, -0.1) is 0 Å². The smallest absolute Gasteiger partial charge is 0.396 e. The maximum Gasteiger partial charge on any atom is 0.439 e. The van der Waals surface area contributed by atoms with Gasteiger partial charge in [0.05, 0.1) is 18.0 Å². The Labute approximate surface area is 233 Å². The third-order valence-corrected chi connectivity index (χ3v) is 11.4. The lowest BCUT2D eigenvalue weighted by molar-refractivity contribution is -0.245. The second kappa shape index (κ2) is 11.4. The second-order valence-electron chi connectivity index (χ2n) is 7.69. The van der Waals surface area contributed by atoms with Crippen LogP contribution in [0.15, 0.2) is 99.6 Å². The summed E-state index contributed by atoms with van der Waals surface area (Å²) in [6.45, 7) is 0. The molecule has 41 heavy (non-hydrogen) atoms. The van der Waals surface area contributed by atoms with Crippen molar-refractivity contribution in [1.82, 2.24) is 0 Å². The Hall–Kier alpha value is -2.84. The Morgan fingerprint density at radius 3 is 1.46 bits per heavy atom. The van der Waals surface area contributed by atoms with E-state index in [0.29, 0.717) is 4.90 Å². The van der Waals surface area contributed by atoms with E-state index >= 15 is 0 Å². The highest BCUT2D eigenvalue weighted by Gasteiger charge is 2.81. The molecule has 0 spiro atoms. The van der Waals surface area contributed by atoms with Crippen molar-refractivity contribution in [3.8, 4) is 5.75 Å². The van der Waals surface area contributed by atoms with Crippen molar-refractivity contribution in [1.29, 1.82) is 0 Å². The number of alkyl halides is 6. The van der Waals surface area contributed by atoms with Gasteiger partial charge >= 0.3 is 26.5 Å². The molecule has 0 saturated carbocycles. The first kappa shape index (κ1) is 32.7. The van der Waals surface area contributed by atoms with E-state index in [0.717, 1.165) is 21.9 Å². The lowest BCUT2D eigenvalue weighted by atomic mass is 10.3. The van der Waals surface area contributed by atoms with Gasteiger partial charge in [-0.05, 0) is 48.5 Å². The van der Waals surface area contributed by atoms with E-state index in [-0.39, 0.29) is 7.11 Å². The van der Waals surface area contributed by atoms with Crippen LogP contribution in [0, 0.1) is 0 Å². The summed E-state index contributed by atoms with van der Waals surface area (Å²) in [7, 11) is -21.1. The van der Waals surface area contributed by atoms with Gasteiger partial charge in [0, 0.05) is 0 Å². The summed E-state index contributed by atoms with van der Waals surface area (Å²) < 4.78 is 162. The largest absolute Gasteiger partial charge is 0.439 e. The van der Waals surface area contributed by atoms with E-state index in [1.54, 1.807) is 40.5 Å². The van der Waals surface area contributed by atoms with Gasteiger partial charge in [-0.1, -0.05) is 36.4 Å². The van der Waals surface area contributed by atoms with Crippen molar-refractivity contribution < 1.29 is 60.0 Å². The lowest BCUT2D eigenvalue weighted by Crippen LogP contribution is -2.60. The molecule has 0 atom stereocenters. The summed E-state index contributed by atoms with van der Waals surface area (Å²) in [6.07, 6.45) is 0. The van der Waals surface area contributed by atoms with Gasteiger partial charge in [-0.2, -0.15) is 34.8 Å². The first-order valence-corrected chi connectivity index (χ1v) is 16.0. The number of hydrogen-bond donors (Lipinski definition) is 0. The minimum atomic E-state index is -7.41. The predicted molar refractivity (Wildman–Crippen MR) is 134 cm³/mol. The molecule has 0 aliphatic rings. The molecule has 0 N–H and O–H groups in total. The fourth-order valence-corrected chi connectivity index (χ4v) is 8.11. The predicted octanol–water partition coefficient (Wildman–Crippen LogP) is 4.91. The van der Waals surface area contributed by atoms with E-state index in [1.165, 1.54) is 12.1 Å². The lowest BCUT2D eigenvalue weighted by Gasteiger charge is -2.34. The van der Waals surface area contributed by atoms with Crippen LogP contribution in [0.25, 0.3) is 4.13 Å². The molecule has 0 amide bonds. The second-order valence-corrected chi connectivity index (χ2v) is 14.6. The summed E-state index contributed by atoms with van der Waals surface area (Å²) in [5, 5.41) is -13.9. The van der Waals surface area contributed by atoms with Crippen molar-refractivity contribution >= 4 is 41.3 Å². The van der Waals surface area contributed by atoms with E-state index in [4.69, 9.17) is 0 Å². The van der Waals surface area contributed by atoms with Crippen molar-refractivity contribution in [3.63, 3.8) is 0 Å². The van der Waals surface area contributed by atoms with Gasteiger partial charge in [-0.3, -0.25) is 4.18 Å². The highest BCUT2D eigenvalue weighted by molar-refractivity contribution is 8.11. The molecule has 0 heterocycles. The van der Waals surface area contributed by atoms with Crippen molar-refractivity contribution in [2.75, 3.05) is 7.11 Å². The Morgan fingerprint density at radius 2 is 1.05 bits per heavy atom. The van der Waals surface area contributed by atoms with Crippen molar-refractivity contribution in [3.05, 3.63) is 89.1 Å². The molecule has 224 valence electrons. The molecule has 19 heteroatoms. The number of halogens is 6. The molecule has 0 radical (unpaired) electrons. The first-order chi connectivity index (χ1) is 18.8. The topological polar surface area (TPSA) is 135 Å². The SMILES string of the molecule is COS(=O)(=O)C(F)(F)C(F)(F)C(F)(F)S(=O)(=O)[N-]S(=O)(=O)Oc1ccc([S+](c2ccccc2)c2ccccc2)cc1. The number of benzene rings is 3. The average molecular weight is 666 g/mol. The number of sulfonamides is 1. The Bertz CT molecular complexity index is 1650. The first-order valence-electron chi connectivity index (χ1n) is 10.6. The fourth-order valence-electron chi connectivity index (χ4n) is 3.05. The summed E-state index contributed by atoms with van der Waals surface area (Å²) in [4.78, 5) is 2.28. The van der Waals surface area contributed by atoms with E-state index in [1.807, 2.05) is 24.3 Å². The minimum Gasteiger partial charge on any atom is -0.396 e. The van der Waals surface area contributed by atoms with Crippen LogP contribution >= 0.6 is 0 Å². The molecular formula is C22H17F6NO8S4. The van der Waals surface area contributed by atoms with E-state index < -0.39 is 63.5 Å². The van der Waals surface area contributed by atoms with Gasteiger partial charge in [0.15, 0.2) is 24.7 Å². The summed E-state index contributed by atoms with van der Waals surface area (Å²) in [6, 6.07) is 22.7. The van der Waals surface area contributed by atoms with Crippen LogP contribution in [0.3, 0.4) is 0 Å². The summed E-state index contributed by atoms with van der Waals surface area (Å²) in [5.41, 5.74) is 0. The Morgan fingerprint density at radius 1 is 0.634 bits per heavy atom. The van der Waals surface area contributed by atoms with E-state index in [2.05, 4.69) is 8.37 Å². The van der Waals surface area contributed by atoms with Crippen LogP contribution < -0.4 is 4.18 Å². The van der Waals surface area contributed by atoms with Crippen LogP contribution in [0.4, 0.5) is 26.3 Å². The molecule has 0 saturated heterocycles. The normalized spacial score (nSPS) is 13.8. The zero-order valence-corrected chi connectivity index (χ0v) is 23.5. The molecule has 9 nitrogen and oxygen atoms in total. The third-order valence-electron chi connectivity index (χ3n) is 5.00. The molecule has 3 rings (SSSR count). The molecule has 3 aromatic carbocycles. The average Bonchev–Trinajstić information content (AvgIpc) is 2.90. The van der Waals surface area contributed by atoms with Crippen LogP contribution in [0.1, 0.15) is 0 Å². The van der Waals surface area contributed by atoms with Crippen molar-refractivity contribution in [2.45, 2.75) is 31.1 Å². The van der Waals surface area contributed by atoms with Crippen LogP contribution in [0.5, 0.6) is 5.75 Å². The molecule has 0 aliphatic heterocycles. The van der Waals surface area contributed by atoms with Gasteiger partial charge in [0.2, 0.25) is 10.3 Å². The zero-order chi connectivity index (χ0) is 30.9. The van der Waals surface area contributed by atoms with Gasteiger partial charge < -0.3 is 8.31 Å². The Kier molecular flexibility index (Phi) is 9.12. The van der Waals surface area contributed by atoms with Crippen molar-refractivity contribution in [2.24, 2.45) is 0 Å². The molecule has 0 unspecified atom stereocenters. The Balaban J connectivity index is 1.88. The van der Waals surface area contributed by atoms with Crippen LogP contribution in [0.2, 0.25) is 0 Å². The standard InChI is InChI=1S/C22H17F6NO8S4/c1-36-40(32,33)22(27,28)20(23,24)21(25,26)39(30,31)29-41(34,35)37-16-12-14-19(15-13-16)38(17-8-4-2-5-9-17)18-10-6-3-7-11-18/h2-15H,1H3. The maximum atomic E-state index is 14.1. The highest BCUT2D eigenvalue weighted by atomic mass is 32.3. The van der Waals surface area contributed by atoms with Crippen LogP contribution in [-0.2, 0) is 45.5 Å². The molecule has 3 aromatic rings. The molecule has 0 aromatic heterocycles. The number of nitrogens with zero attached hydrogens (tertiary/aromatic N) is 1.